The van der Waals surface area contributed by atoms with Crippen LogP contribution in [0, 0.1) is 5.92 Å². The molecular weight excluding hydrogens is 186 g/mol. The van der Waals surface area contributed by atoms with E-state index in [1.54, 1.807) is 0 Å². The van der Waals surface area contributed by atoms with E-state index < -0.39 is 5.60 Å². The van der Waals surface area contributed by atoms with E-state index in [9.17, 15) is 5.11 Å². The van der Waals surface area contributed by atoms with Crippen molar-refractivity contribution in [2.24, 2.45) is 5.92 Å². The fourth-order valence-corrected chi connectivity index (χ4v) is 2.97. The van der Waals surface area contributed by atoms with Gasteiger partial charge >= 0.3 is 0 Å². The topological polar surface area (TPSA) is 32.3 Å². The summed E-state index contributed by atoms with van der Waals surface area (Å²) in [5, 5.41) is 14.0. The van der Waals surface area contributed by atoms with Gasteiger partial charge in [0, 0.05) is 12.6 Å². The van der Waals surface area contributed by atoms with E-state index >= 15 is 0 Å². The third-order valence-corrected chi connectivity index (χ3v) is 4.13. The molecule has 0 atom stereocenters. The molecule has 0 amide bonds. The van der Waals surface area contributed by atoms with E-state index in [-0.39, 0.29) is 0 Å². The molecule has 15 heavy (non-hydrogen) atoms. The number of hydrogen-bond donors (Lipinski definition) is 2. The van der Waals surface area contributed by atoms with Crippen molar-refractivity contribution in [1.29, 1.82) is 0 Å². The second kappa shape index (κ2) is 4.84. The van der Waals surface area contributed by atoms with Gasteiger partial charge in [0.25, 0.3) is 0 Å². The van der Waals surface area contributed by atoms with Crippen molar-refractivity contribution in [2.45, 2.75) is 69.9 Å². The Labute approximate surface area is 93.5 Å². The predicted octanol–water partition coefficient (Wildman–Crippen LogP) is 2.46. The van der Waals surface area contributed by atoms with E-state index in [1.165, 1.54) is 38.5 Å². The summed E-state index contributed by atoms with van der Waals surface area (Å²) in [5.41, 5.74) is -0.394. The SMILES string of the molecule is CC1CC(NCC2(O)CCCCCC2)C1. The average Bonchev–Trinajstić information content (AvgIpc) is 2.37. The molecule has 0 unspecified atom stereocenters. The first-order valence-corrected chi connectivity index (χ1v) is 6.64. The lowest BCUT2D eigenvalue weighted by molar-refractivity contribution is 0.0178. The first-order chi connectivity index (χ1) is 7.18. The zero-order chi connectivity index (χ0) is 10.7. The van der Waals surface area contributed by atoms with Crippen molar-refractivity contribution in [1.82, 2.24) is 5.32 Å². The van der Waals surface area contributed by atoms with Crippen LogP contribution in [0.15, 0.2) is 0 Å². The lowest BCUT2D eigenvalue weighted by Gasteiger charge is -2.37. The number of nitrogens with one attached hydrogen (secondary N) is 1. The molecule has 0 aliphatic heterocycles. The number of rotatable bonds is 3. The highest BCUT2D eigenvalue weighted by molar-refractivity contribution is 4.88. The molecule has 0 spiro atoms. The fraction of sp³-hybridized carbons (Fsp3) is 1.00. The monoisotopic (exact) mass is 211 g/mol. The van der Waals surface area contributed by atoms with Gasteiger partial charge in [0.2, 0.25) is 0 Å². The highest BCUT2D eigenvalue weighted by Gasteiger charge is 2.31. The van der Waals surface area contributed by atoms with Gasteiger partial charge in [-0.3, -0.25) is 0 Å². The third kappa shape index (κ3) is 3.18. The summed E-state index contributed by atoms with van der Waals surface area (Å²) >= 11 is 0. The van der Waals surface area contributed by atoms with Crippen LogP contribution in [0.25, 0.3) is 0 Å². The van der Waals surface area contributed by atoms with Crippen molar-refractivity contribution in [3.8, 4) is 0 Å². The molecule has 0 aromatic heterocycles. The van der Waals surface area contributed by atoms with Gasteiger partial charge in [0.1, 0.15) is 0 Å². The fourth-order valence-electron chi connectivity index (χ4n) is 2.97. The lowest BCUT2D eigenvalue weighted by Crippen LogP contribution is -2.48. The van der Waals surface area contributed by atoms with Crippen LogP contribution in [0.3, 0.4) is 0 Å². The molecule has 2 heteroatoms. The molecule has 2 aliphatic carbocycles. The molecule has 2 aliphatic rings. The van der Waals surface area contributed by atoms with Crippen molar-refractivity contribution in [3.05, 3.63) is 0 Å². The second-order valence-corrected chi connectivity index (χ2v) is 5.79. The zero-order valence-electron chi connectivity index (χ0n) is 9.97. The van der Waals surface area contributed by atoms with E-state index in [0.717, 1.165) is 25.3 Å². The first kappa shape index (κ1) is 11.4. The van der Waals surface area contributed by atoms with E-state index in [0.29, 0.717) is 6.04 Å². The molecule has 2 nitrogen and oxygen atoms in total. The van der Waals surface area contributed by atoms with Crippen LogP contribution in [0.2, 0.25) is 0 Å². The summed E-state index contributed by atoms with van der Waals surface area (Å²) in [6.07, 6.45) is 9.64. The molecule has 2 rings (SSSR count). The Hall–Kier alpha value is -0.0800. The minimum atomic E-state index is -0.394. The largest absolute Gasteiger partial charge is 0.389 e. The van der Waals surface area contributed by atoms with Crippen LogP contribution >= 0.6 is 0 Å². The van der Waals surface area contributed by atoms with E-state index in [2.05, 4.69) is 12.2 Å². The molecule has 2 N–H and O–H groups in total. The molecule has 88 valence electrons. The van der Waals surface area contributed by atoms with Gasteiger partial charge in [-0.15, -0.1) is 0 Å². The Kier molecular flexibility index (Phi) is 3.68. The van der Waals surface area contributed by atoms with Gasteiger partial charge in [-0.25, -0.2) is 0 Å². The van der Waals surface area contributed by atoms with Crippen LogP contribution in [-0.2, 0) is 0 Å². The van der Waals surface area contributed by atoms with Crippen LogP contribution in [0.4, 0.5) is 0 Å². The zero-order valence-corrected chi connectivity index (χ0v) is 9.97. The molecule has 2 saturated carbocycles. The van der Waals surface area contributed by atoms with E-state index in [1.807, 2.05) is 0 Å². The van der Waals surface area contributed by atoms with Crippen molar-refractivity contribution < 1.29 is 5.11 Å². The maximum Gasteiger partial charge on any atom is 0.0771 e. The van der Waals surface area contributed by atoms with Gasteiger partial charge in [0.15, 0.2) is 0 Å². The van der Waals surface area contributed by atoms with Crippen LogP contribution in [0.5, 0.6) is 0 Å². The smallest absolute Gasteiger partial charge is 0.0771 e. The number of hydrogen-bond acceptors (Lipinski definition) is 2. The number of aliphatic hydroxyl groups is 1. The molecule has 0 aromatic rings. The molecule has 0 aromatic carbocycles. The Bertz CT molecular complexity index is 191. The molecule has 2 fully saturated rings. The summed E-state index contributed by atoms with van der Waals surface area (Å²) in [6.45, 7) is 3.13. The van der Waals surface area contributed by atoms with Crippen LogP contribution < -0.4 is 5.32 Å². The maximum atomic E-state index is 10.4. The maximum absolute atomic E-state index is 10.4. The summed E-state index contributed by atoms with van der Waals surface area (Å²) in [6, 6.07) is 0.687. The van der Waals surface area contributed by atoms with Crippen LogP contribution in [-0.4, -0.2) is 23.3 Å². The second-order valence-electron chi connectivity index (χ2n) is 5.79. The van der Waals surface area contributed by atoms with E-state index in [4.69, 9.17) is 0 Å². The van der Waals surface area contributed by atoms with Crippen molar-refractivity contribution in [3.63, 3.8) is 0 Å². The predicted molar refractivity (Wildman–Crippen MR) is 62.8 cm³/mol. The van der Waals surface area contributed by atoms with Crippen molar-refractivity contribution in [2.75, 3.05) is 6.54 Å². The lowest BCUT2D eigenvalue weighted by atomic mass is 9.81. The molecule has 0 radical (unpaired) electrons. The Morgan fingerprint density at radius 3 is 2.27 bits per heavy atom. The molecular formula is C13H25NO. The standard InChI is InChI=1S/C13H25NO/c1-11-8-12(9-11)14-10-13(15)6-4-2-3-5-7-13/h11-12,14-15H,2-10H2,1H3. The quantitative estimate of drug-likeness (QED) is 0.703. The van der Waals surface area contributed by atoms with Gasteiger partial charge in [-0.1, -0.05) is 32.6 Å². The van der Waals surface area contributed by atoms with Crippen molar-refractivity contribution >= 4 is 0 Å². The highest BCUT2D eigenvalue weighted by atomic mass is 16.3. The molecule has 0 bridgehead atoms. The van der Waals surface area contributed by atoms with Gasteiger partial charge < -0.3 is 10.4 Å². The van der Waals surface area contributed by atoms with Crippen LogP contribution in [0.1, 0.15) is 58.3 Å². The summed E-state index contributed by atoms with van der Waals surface area (Å²) in [7, 11) is 0. The summed E-state index contributed by atoms with van der Waals surface area (Å²) in [4.78, 5) is 0. The average molecular weight is 211 g/mol. The first-order valence-electron chi connectivity index (χ1n) is 6.64. The highest BCUT2D eigenvalue weighted by Crippen LogP contribution is 2.29. The Balaban J connectivity index is 1.71. The summed E-state index contributed by atoms with van der Waals surface area (Å²) in [5.74, 6) is 0.895. The third-order valence-electron chi connectivity index (χ3n) is 4.13. The molecule has 0 saturated heterocycles. The van der Waals surface area contributed by atoms with Gasteiger partial charge in [0.05, 0.1) is 5.60 Å². The Morgan fingerprint density at radius 1 is 1.13 bits per heavy atom. The Morgan fingerprint density at radius 2 is 1.73 bits per heavy atom. The van der Waals surface area contributed by atoms with Gasteiger partial charge in [-0.2, -0.15) is 0 Å². The normalized spacial score (nSPS) is 35.6. The minimum Gasteiger partial charge on any atom is -0.389 e. The summed E-state index contributed by atoms with van der Waals surface area (Å²) < 4.78 is 0. The van der Waals surface area contributed by atoms with Gasteiger partial charge in [-0.05, 0) is 31.6 Å². The minimum absolute atomic E-state index is 0.394. The molecule has 0 heterocycles.